The number of urea groups is 1. The Morgan fingerprint density at radius 3 is 1.65 bits per heavy atom. The minimum Gasteiger partial charge on any atom is -0.379 e. The molecule has 0 radical (unpaired) electrons. The molecule has 0 unspecified atom stereocenters. The molecule has 11 heteroatoms. The van der Waals surface area contributed by atoms with Crippen LogP contribution in [0, 0.1) is 0 Å². The van der Waals surface area contributed by atoms with Crippen molar-refractivity contribution in [2.45, 2.75) is 9.79 Å². The third-order valence-electron chi connectivity index (χ3n) is 6.89. The zero-order valence-corrected chi connectivity index (χ0v) is 25.7. The number of rotatable bonds is 9. The van der Waals surface area contributed by atoms with E-state index in [2.05, 4.69) is 10.6 Å². The first kappa shape index (κ1) is 30.4. The molecular formula is C35H26N2O7S2. The predicted molar refractivity (Wildman–Crippen MR) is 177 cm³/mol. The van der Waals surface area contributed by atoms with Crippen LogP contribution in [0.3, 0.4) is 0 Å². The smallest absolute Gasteiger partial charge is 0.339 e. The number of nitrogens with one attached hydrogen (secondary N) is 2. The summed E-state index contributed by atoms with van der Waals surface area (Å²) < 4.78 is 62.6. The minimum absolute atomic E-state index is 0.0267. The third-order valence-corrected chi connectivity index (χ3v) is 9.44. The highest BCUT2D eigenvalue weighted by Gasteiger charge is 2.22. The van der Waals surface area contributed by atoms with Gasteiger partial charge in [-0.05, 0) is 83.1 Å². The Labute approximate surface area is 266 Å². The second-order valence-corrected chi connectivity index (χ2v) is 13.1. The van der Waals surface area contributed by atoms with Gasteiger partial charge in [0.2, 0.25) is 0 Å². The minimum atomic E-state index is -4.16. The molecule has 0 fully saturated rings. The van der Waals surface area contributed by atoms with E-state index >= 15 is 0 Å². The number of carbonyl (C=O) groups excluding carboxylic acids is 1. The molecule has 0 saturated carbocycles. The summed E-state index contributed by atoms with van der Waals surface area (Å²) in [6.07, 6.45) is 0. The van der Waals surface area contributed by atoms with Crippen molar-refractivity contribution in [2.24, 2.45) is 0 Å². The van der Waals surface area contributed by atoms with E-state index in [9.17, 15) is 21.6 Å². The maximum Gasteiger partial charge on any atom is 0.339 e. The van der Waals surface area contributed by atoms with Crippen LogP contribution in [0.2, 0.25) is 0 Å². The number of hydrogen-bond donors (Lipinski definition) is 2. The second kappa shape index (κ2) is 12.8. The average Bonchev–Trinajstić information content (AvgIpc) is 3.06. The zero-order valence-electron chi connectivity index (χ0n) is 24.0. The molecule has 0 aliphatic heterocycles. The van der Waals surface area contributed by atoms with Crippen molar-refractivity contribution in [3.05, 3.63) is 146 Å². The van der Waals surface area contributed by atoms with Crippen LogP contribution in [-0.4, -0.2) is 22.9 Å². The molecule has 0 aliphatic carbocycles. The van der Waals surface area contributed by atoms with Crippen molar-refractivity contribution >= 4 is 48.4 Å². The number of hydrogen-bond acceptors (Lipinski definition) is 7. The van der Waals surface area contributed by atoms with Crippen LogP contribution in [0.4, 0.5) is 16.2 Å². The van der Waals surface area contributed by atoms with E-state index < -0.39 is 26.3 Å². The predicted octanol–water partition coefficient (Wildman–Crippen LogP) is 7.69. The Morgan fingerprint density at radius 1 is 0.500 bits per heavy atom. The van der Waals surface area contributed by atoms with E-state index in [0.29, 0.717) is 16.9 Å². The third kappa shape index (κ3) is 7.01. The Balaban J connectivity index is 1.06. The van der Waals surface area contributed by atoms with Gasteiger partial charge in [0.1, 0.15) is 21.3 Å². The molecule has 2 N–H and O–H groups in total. The molecule has 6 aromatic rings. The van der Waals surface area contributed by atoms with Gasteiger partial charge in [-0.3, -0.25) is 0 Å². The van der Waals surface area contributed by atoms with Gasteiger partial charge in [0, 0.05) is 16.9 Å². The lowest BCUT2D eigenvalue weighted by atomic mass is 10.1. The van der Waals surface area contributed by atoms with Crippen LogP contribution < -0.4 is 19.0 Å². The molecule has 6 aromatic carbocycles. The fourth-order valence-corrected chi connectivity index (χ4v) is 6.81. The van der Waals surface area contributed by atoms with Crippen LogP contribution >= 0.6 is 0 Å². The van der Waals surface area contributed by atoms with E-state index in [4.69, 9.17) is 8.37 Å². The number of carbonyl (C=O) groups is 1. The van der Waals surface area contributed by atoms with E-state index in [1.807, 2.05) is 54.6 Å². The molecule has 9 nitrogen and oxygen atoms in total. The number of benzene rings is 6. The maximum absolute atomic E-state index is 13.1. The van der Waals surface area contributed by atoms with E-state index in [1.165, 1.54) is 60.7 Å². The van der Waals surface area contributed by atoms with Gasteiger partial charge >= 0.3 is 26.3 Å². The van der Waals surface area contributed by atoms with Crippen molar-refractivity contribution in [1.29, 1.82) is 0 Å². The summed E-state index contributed by atoms with van der Waals surface area (Å²) in [5, 5.41) is 6.98. The second-order valence-electron chi connectivity index (χ2n) is 10.1. The Kier molecular flexibility index (Phi) is 8.43. The molecule has 0 saturated heterocycles. The van der Waals surface area contributed by atoms with E-state index in [1.54, 1.807) is 30.3 Å². The summed E-state index contributed by atoms with van der Waals surface area (Å²) in [5.41, 5.74) is 2.03. The fourth-order valence-electron chi connectivity index (χ4n) is 4.69. The SMILES string of the molecule is O=C(Nc1ccc(OS(=O)(=O)c2ccc3ccccc3c2)cc1)Nc1ccc(OS(=O)(=O)c2ccccc2-c2ccccc2)cc1. The lowest BCUT2D eigenvalue weighted by molar-refractivity contribution is 0.262. The topological polar surface area (TPSA) is 128 Å². The first-order valence-electron chi connectivity index (χ1n) is 14.0. The fraction of sp³-hybridized carbons (Fsp3) is 0. The average molecular weight is 651 g/mol. The van der Waals surface area contributed by atoms with Crippen LogP contribution in [0.5, 0.6) is 11.5 Å². The summed E-state index contributed by atoms with van der Waals surface area (Å²) in [6, 6.07) is 39.0. The van der Waals surface area contributed by atoms with E-state index in [-0.39, 0.29) is 21.3 Å². The Bertz CT molecular complexity index is 2240. The number of amides is 2. The summed E-state index contributed by atoms with van der Waals surface area (Å²) >= 11 is 0. The molecule has 0 heterocycles. The molecule has 0 spiro atoms. The molecule has 6 rings (SSSR count). The van der Waals surface area contributed by atoms with Crippen LogP contribution in [0.15, 0.2) is 155 Å². The number of fused-ring (bicyclic) bond motifs is 1. The van der Waals surface area contributed by atoms with Crippen LogP contribution in [0.25, 0.3) is 21.9 Å². The largest absolute Gasteiger partial charge is 0.379 e. The Morgan fingerprint density at radius 2 is 1.02 bits per heavy atom. The highest BCUT2D eigenvalue weighted by Crippen LogP contribution is 2.30. The van der Waals surface area contributed by atoms with Gasteiger partial charge in [-0.1, -0.05) is 78.9 Å². The molecular weight excluding hydrogens is 625 g/mol. The summed E-state index contributed by atoms with van der Waals surface area (Å²) in [6.45, 7) is 0. The standard InChI is InChI=1S/C35H26N2O7S2/c38-35(36-28-15-19-30(20-16-28)43-45(39,40)32-23-14-25-8-4-5-11-27(25)24-32)37-29-17-21-31(22-18-29)44-46(41,42)34-13-7-6-12-33(34)26-9-2-1-3-10-26/h1-24H,(H2,36,37,38). The van der Waals surface area contributed by atoms with Gasteiger partial charge in [-0.15, -0.1) is 0 Å². The molecule has 2 amide bonds. The molecule has 230 valence electrons. The first-order chi connectivity index (χ1) is 22.2. The zero-order chi connectivity index (χ0) is 32.1. The van der Waals surface area contributed by atoms with Gasteiger partial charge in [0.15, 0.2) is 0 Å². The van der Waals surface area contributed by atoms with Crippen molar-refractivity contribution in [1.82, 2.24) is 0 Å². The highest BCUT2D eigenvalue weighted by molar-refractivity contribution is 7.87. The summed E-state index contributed by atoms with van der Waals surface area (Å²) in [5.74, 6) is 0.152. The quantitative estimate of drug-likeness (QED) is 0.154. The summed E-state index contributed by atoms with van der Waals surface area (Å²) in [4.78, 5) is 12.6. The lowest BCUT2D eigenvalue weighted by Gasteiger charge is -2.12. The molecule has 0 aromatic heterocycles. The first-order valence-corrected chi connectivity index (χ1v) is 16.8. The van der Waals surface area contributed by atoms with Crippen LogP contribution in [-0.2, 0) is 20.2 Å². The van der Waals surface area contributed by atoms with Crippen molar-refractivity contribution in [2.75, 3.05) is 10.6 Å². The molecule has 0 bridgehead atoms. The van der Waals surface area contributed by atoms with Crippen molar-refractivity contribution in [3.8, 4) is 22.6 Å². The Hall–Kier alpha value is -5.65. The van der Waals surface area contributed by atoms with Gasteiger partial charge in [-0.2, -0.15) is 16.8 Å². The monoisotopic (exact) mass is 650 g/mol. The maximum atomic E-state index is 13.1. The molecule has 0 aliphatic rings. The highest BCUT2D eigenvalue weighted by atomic mass is 32.2. The molecule has 0 atom stereocenters. The van der Waals surface area contributed by atoms with Gasteiger partial charge in [-0.25, -0.2) is 4.79 Å². The van der Waals surface area contributed by atoms with Gasteiger partial charge < -0.3 is 19.0 Å². The molecule has 46 heavy (non-hydrogen) atoms. The van der Waals surface area contributed by atoms with Gasteiger partial charge in [0.25, 0.3) is 0 Å². The van der Waals surface area contributed by atoms with Crippen LogP contribution in [0.1, 0.15) is 0 Å². The summed E-state index contributed by atoms with van der Waals surface area (Å²) in [7, 11) is -8.23. The van der Waals surface area contributed by atoms with Gasteiger partial charge in [0.05, 0.1) is 0 Å². The van der Waals surface area contributed by atoms with Crippen molar-refractivity contribution in [3.63, 3.8) is 0 Å². The van der Waals surface area contributed by atoms with E-state index in [0.717, 1.165) is 16.3 Å². The lowest BCUT2D eigenvalue weighted by Crippen LogP contribution is -2.19. The normalized spacial score (nSPS) is 11.5. The van der Waals surface area contributed by atoms with Crippen molar-refractivity contribution < 1.29 is 30.0 Å². The number of anilines is 2.